The second kappa shape index (κ2) is 9.21. The summed E-state index contributed by atoms with van der Waals surface area (Å²) in [5, 5.41) is 0. The summed E-state index contributed by atoms with van der Waals surface area (Å²) in [7, 11) is 4.27. The molecule has 4 nitrogen and oxygen atoms in total. The molecule has 0 amide bonds. The Labute approximate surface area is 174 Å². The van der Waals surface area contributed by atoms with E-state index in [1.54, 1.807) is 0 Å². The molecule has 1 saturated heterocycles. The van der Waals surface area contributed by atoms with Crippen molar-refractivity contribution in [3.05, 3.63) is 72.8 Å². The van der Waals surface area contributed by atoms with E-state index in [4.69, 9.17) is 4.98 Å². The van der Waals surface area contributed by atoms with Gasteiger partial charge >= 0.3 is 0 Å². The first-order chi connectivity index (χ1) is 14.2. The summed E-state index contributed by atoms with van der Waals surface area (Å²) in [4.78, 5) is 12.2. The minimum atomic E-state index is 1.04. The molecule has 1 aliphatic heterocycles. The van der Waals surface area contributed by atoms with Crippen LogP contribution in [0.5, 0.6) is 0 Å². The molecular weight excluding hydrogens is 356 g/mol. The fourth-order valence-electron chi connectivity index (χ4n) is 3.77. The van der Waals surface area contributed by atoms with Gasteiger partial charge in [0.25, 0.3) is 0 Å². The molecule has 2 aromatic carbocycles. The number of anilines is 1. The van der Waals surface area contributed by atoms with Crippen molar-refractivity contribution in [2.75, 3.05) is 58.3 Å². The lowest BCUT2D eigenvalue weighted by molar-refractivity contribution is 0.229. The SMILES string of the molecule is CN(C)CCN1CCN(c2cccc(-c3ccc(-c4ccccc4)cc3)n2)CC1. The smallest absolute Gasteiger partial charge is 0.129 e. The van der Waals surface area contributed by atoms with Crippen LogP contribution in [0.15, 0.2) is 72.8 Å². The summed E-state index contributed by atoms with van der Waals surface area (Å²) in [6.45, 7) is 6.54. The Morgan fingerprint density at radius 3 is 2.07 bits per heavy atom. The summed E-state index contributed by atoms with van der Waals surface area (Å²) in [6.07, 6.45) is 0. The zero-order valence-corrected chi connectivity index (χ0v) is 17.5. The van der Waals surface area contributed by atoms with Gasteiger partial charge in [0.1, 0.15) is 5.82 Å². The number of likely N-dealkylation sites (N-methyl/N-ethyl adjacent to an activating group) is 1. The van der Waals surface area contributed by atoms with E-state index in [9.17, 15) is 0 Å². The summed E-state index contributed by atoms with van der Waals surface area (Å²) < 4.78 is 0. The third-order valence-electron chi connectivity index (χ3n) is 5.58. The molecule has 1 fully saturated rings. The molecule has 0 spiro atoms. The molecular formula is C25H30N4. The van der Waals surface area contributed by atoms with E-state index in [0.29, 0.717) is 0 Å². The maximum Gasteiger partial charge on any atom is 0.129 e. The van der Waals surface area contributed by atoms with E-state index >= 15 is 0 Å². The molecule has 4 rings (SSSR count). The lowest BCUT2D eigenvalue weighted by Gasteiger charge is -2.36. The van der Waals surface area contributed by atoms with Gasteiger partial charge in [-0.1, -0.05) is 60.7 Å². The molecule has 2 heterocycles. The van der Waals surface area contributed by atoms with Gasteiger partial charge in [0.2, 0.25) is 0 Å². The first kappa shape index (κ1) is 19.6. The summed E-state index contributed by atoms with van der Waals surface area (Å²) >= 11 is 0. The Bertz CT molecular complexity index is 898. The number of aromatic nitrogens is 1. The maximum atomic E-state index is 4.97. The second-order valence-electron chi connectivity index (χ2n) is 7.96. The molecule has 0 N–H and O–H groups in total. The normalized spacial score (nSPS) is 15.1. The van der Waals surface area contributed by atoms with E-state index in [1.165, 1.54) is 11.1 Å². The van der Waals surface area contributed by atoms with Crippen molar-refractivity contribution in [2.24, 2.45) is 0 Å². The van der Waals surface area contributed by atoms with Gasteiger partial charge in [-0.05, 0) is 37.4 Å². The van der Waals surface area contributed by atoms with Crippen molar-refractivity contribution in [2.45, 2.75) is 0 Å². The van der Waals surface area contributed by atoms with Crippen LogP contribution in [0.2, 0.25) is 0 Å². The Morgan fingerprint density at radius 1 is 0.724 bits per heavy atom. The summed E-state index contributed by atoms with van der Waals surface area (Å²) in [6, 6.07) is 25.6. The van der Waals surface area contributed by atoms with Crippen molar-refractivity contribution < 1.29 is 0 Å². The number of hydrogen-bond acceptors (Lipinski definition) is 4. The fraction of sp³-hybridized carbons (Fsp3) is 0.320. The monoisotopic (exact) mass is 386 g/mol. The third-order valence-corrected chi connectivity index (χ3v) is 5.58. The summed E-state index contributed by atoms with van der Waals surface area (Å²) in [5.74, 6) is 1.09. The van der Waals surface area contributed by atoms with Crippen LogP contribution >= 0.6 is 0 Å². The number of pyridine rings is 1. The predicted molar refractivity (Wildman–Crippen MR) is 122 cm³/mol. The zero-order valence-electron chi connectivity index (χ0n) is 17.5. The van der Waals surface area contributed by atoms with Gasteiger partial charge < -0.3 is 9.80 Å². The Hall–Kier alpha value is -2.69. The van der Waals surface area contributed by atoms with Gasteiger partial charge in [0.05, 0.1) is 5.69 Å². The summed E-state index contributed by atoms with van der Waals surface area (Å²) in [5.41, 5.74) is 4.68. The molecule has 3 aromatic rings. The molecule has 1 aromatic heterocycles. The third kappa shape index (κ3) is 5.03. The highest BCUT2D eigenvalue weighted by Crippen LogP contribution is 2.25. The number of nitrogens with zero attached hydrogens (tertiary/aromatic N) is 4. The van der Waals surface area contributed by atoms with Crippen molar-refractivity contribution in [3.63, 3.8) is 0 Å². The van der Waals surface area contributed by atoms with Gasteiger partial charge in [-0.25, -0.2) is 4.98 Å². The molecule has 0 aliphatic carbocycles. The van der Waals surface area contributed by atoms with E-state index in [1.807, 2.05) is 0 Å². The zero-order chi connectivity index (χ0) is 20.1. The van der Waals surface area contributed by atoms with Gasteiger partial charge in [-0.15, -0.1) is 0 Å². The molecule has 0 radical (unpaired) electrons. The minimum absolute atomic E-state index is 1.04. The number of rotatable bonds is 6. The van der Waals surface area contributed by atoms with E-state index < -0.39 is 0 Å². The van der Waals surface area contributed by atoms with Crippen LogP contribution in [0.4, 0.5) is 5.82 Å². The van der Waals surface area contributed by atoms with Crippen LogP contribution in [0.1, 0.15) is 0 Å². The predicted octanol–water partition coefficient (Wildman–Crippen LogP) is 4.10. The Balaban J connectivity index is 1.43. The molecule has 29 heavy (non-hydrogen) atoms. The van der Waals surface area contributed by atoms with E-state index in [-0.39, 0.29) is 0 Å². The average molecular weight is 387 g/mol. The Kier molecular flexibility index (Phi) is 6.23. The maximum absolute atomic E-state index is 4.97. The van der Waals surface area contributed by atoms with Crippen LogP contribution in [-0.2, 0) is 0 Å². The second-order valence-corrected chi connectivity index (χ2v) is 7.96. The first-order valence-corrected chi connectivity index (χ1v) is 10.4. The molecule has 0 saturated carbocycles. The highest BCUT2D eigenvalue weighted by Gasteiger charge is 2.18. The average Bonchev–Trinajstić information content (AvgIpc) is 2.79. The molecule has 0 atom stereocenters. The van der Waals surface area contributed by atoms with Crippen molar-refractivity contribution in [1.29, 1.82) is 0 Å². The van der Waals surface area contributed by atoms with Gasteiger partial charge in [-0.3, -0.25) is 4.90 Å². The van der Waals surface area contributed by atoms with Crippen LogP contribution in [0.3, 0.4) is 0 Å². The van der Waals surface area contributed by atoms with Crippen molar-refractivity contribution in [3.8, 4) is 22.4 Å². The molecule has 4 heteroatoms. The van der Waals surface area contributed by atoms with E-state index in [0.717, 1.165) is 56.3 Å². The lowest BCUT2D eigenvalue weighted by Crippen LogP contribution is -2.48. The van der Waals surface area contributed by atoms with Crippen molar-refractivity contribution in [1.82, 2.24) is 14.8 Å². The minimum Gasteiger partial charge on any atom is -0.354 e. The topological polar surface area (TPSA) is 22.6 Å². The highest BCUT2D eigenvalue weighted by molar-refractivity contribution is 5.69. The van der Waals surface area contributed by atoms with E-state index in [2.05, 4.69) is 102 Å². The van der Waals surface area contributed by atoms with Crippen LogP contribution < -0.4 is 4.90 Å². The standard InChI is InChI=1S/C25H30N4/c1-27(2)15-16-28-17-19-29(20-18-28)25-10-6-9-24(26-25)23-13-11-22(12-14-23)21-7-4-3-5-8-21/h3-14H,15-20H2,1-2H3. The van der Waals surface area contributed by atoms with Gasteiger partial charge in [-0.2, -0.15) is 0 Å². The molecule has 1 aliphatic rings. The molecule has 0 bridgehead atoms. The first-order valence-electron chi connectivity index (χ1n) is 10.4. The van der Waals surface area contributed by atoms with Crippen molar-refractivity contribution >= 4 is 5.82 Å². The van der Waals surface area contributed by atoms with Crippen LogP contribution in [0, 0.1) is 0 Å². The molecule has 150 valence electrons. The lowest BCUT2D eigenvalue weighted by atomic mass is 10.0. The molecule has 0 unspecified atom stereocenters. The Morgan fingerprint density at radius 2 is 1.38 bits per heavy atom. The number of piperazine rings is 1. The van der Waals surface area contributed by atoms with Gasteiger partial charge in [0.15, 0.2) is 0 Å². The highest BCUT2D eigenvalue weighted by atomic mass is 15.3. The number of benzene rings is 2. The van der Waals surface area contributed by atoms with Gasteiger partial charge in [0, 0.05) is 44.8 Å². The van der Waals surface area contributed by atoms with Crippen LogP contribution in [-0.4, -0.2) is 68.1 Å². The van der Waals surface area contributed by atoms with Crippen LogP contribution in [0.25, 0.3) is 22.4 Å². The largest absolute Gasteiger partial charge is 0.354 e. The quantitative estimate of drug-likeness (QED) is 0.636. The fourth-order valence-corrected chi connectivity index (χ4v) is 3.77. The number of hydrogen-bond donors (Lipinski definition) is 0.